The number of nitrogens with zero attached hydrogens (tertiary/aromatic N) is 1. The highest BCUT2D eigenvalue weighted by Crippen LogP contribution is 2.37. The van der Waals surface area contributed by atoms with E-state index < -0.39 is 12.0 Å². The number of hydrogen-bond acceptors (Lipinski definition) is 5. The molecule has 1 unspecified atom stereocenters. The van der Waals surface area contributed by atoms with E-state index in [1.807, 2.05) is 24.3 Å². The van der Waals surface area contributed by atoms with Crippen molar-refractivity contribution in [2.75, 3.05) is 18.1 Å². The second-order valence-electron chi connectivity index (χ2n) is 6.72. The number of para-hydroxylation sites is 1. The Balaban J connectivity index is 1.60. The number of thioether (sulfide) groups is 1. The quantitative estimate of drug-likeness (QED) is 0.734. The standard InChI is InChI=1S/C21H23N3O4S/c1-14-10-11-24(17-4-2-3-5-18(17)29-14)19(25)13-28-20(26)16-8-6-15(7-9-16)12-23-21(22)27/h2-9,14H,10-13H2,1H3,(H3,22,23,27). The Morgan fingerprint density at radius 2 is 1.90 bits per heavy atom. The summed E-state index contributed by atoms with van der Waals surface area (Å²) in [6, 6.07) is 13.7. The van der Waals surface area contributed by atoms with Crippen LogP contribution < -0.4 is 16.0 Å². The Morgan fingerprint density at radius 3 is 2.62 bits per heavy atom. The first kappa shape index (κ1) is 20.7. The molecule has 0 bridgehead atoms. The van der Waals surface area contributed by atoms with Gasteiger partial charge in [-0.15, -0.1) is 11.8 Å². The summed E-state index contributed by atoms with van der Waals surface area (Å²) < 4.78 is 5.24. The number of benzene rings is 2. The summed E-state index contributed by atoms with van der Waals surface area (Å²) in [7, 11) is 0. The van der Waals surface area contributed by atoms with E-state index in [-0.39, 0.29) is 19.1 Å². The van der Waals surface area contributed by atoms with Crippen LogP contribution in [0.1, 0.15) is 29.3 Å². The molecule has 0 aromatic heterocycles. The van der Waals surface area contributed by atoms with E-state index in [9.17, 15) is 14.4 Å². The molecule has 1 atom stereocenters. The van der Waals surface area contributed by atoms with Crippen LogP contribution >= 0.6 is 11.8 Å². The smallest absolute Gasteiger partial charge is 0.338 e. The van der Waals surface area contributed by atoms with E-state index in [0.29, 0.717) is 17.4 Å². The second kappa shape index (κ2) is 9.47. The molecule has 2 aromatic rings. The van der Waals surface area contributed by atoms with Crippen molar-refractivity contribution in [1.82, 2.24) is 5.32 Å². The van der Waals surface area contributed by atoms with Crippen LogP contribution in [-0.2, 0) is 16.1 Å². The number of esters is 1. The number of nitrogens with one attached hydrogen (secondary N) is 1. The lowest BCUT2D eigenvalue weighted by Crippen LogP contribution is -2.35. The summed E-state index contributed by atoms with van der Waals surface area (Å²) in [5.41, 5.74) is 7.02. The van der Waals surface area contributed by atoms with Gasteiger partial charge in [0, 0.05) is 23.2 Å². The molecule has 29 heavy (non-hydrogen) atoms. The predicted molar refractivity (Wildman–Crippen MR) is 112 cm³/mol. The predicted octanol–water partition coefficient (Wildman–Crippen LogP) is 2.93. The molecule has 1 aliphatic rings. The first-order chi connectivity index (χ1) is 13.9. The number of amides is 3. The van der Waals surface area contributed by atoms with Gasteiger partial charge in [0.05, 0.1) is 11.3 Å². The van der Waals surface area contributed by atoms with Crippen molar-refractivity contribution in [1.29, 1.82) is 0 Å². The molecule has 0 spiro atoms. The van der Waals surface area contributed by atoms with E-state index in [0.717, 1.165) is 22.6 Å². The van der Waals surface area contributed by atoms with E-state index in [2.05, 4.69) is 12.2 Å². The van der Waals surface area contributed by atoms with Crippen molar-refractivity contribution in [3.63, 3.8) is 0 Å². The molecule has 0 radical (unpaired) electrons. The van der Waals surface area contributed by atoms with Gasteiger partial charge in [0.2, 0.25) is 0 Å². The molecule has 3 rings (SSSR count). The van der Waals surface area contributed by atoms with Crippen LogP contribution in [0.4, 0.5) is 10.5 Å². The summed E-state index contributed by atoms with van der Waals surface area (Å²) in [5, 5.41) is 2.88. The molecule has 0 saturated carbocycles. The van der Waals surface area contributed by atoms with Gasteiger partial charge in [-0.2, -0.15) is 0 Å². The van der Waals surface area contributed by atoms with Crippen molar-refractivity contribution in [3.05, 3.63) is 59.7 Å². The van der Waals surface area contributed by atoms with Gasteiger partial charge in [-0.25, -0.2) is 9.59 Å². The van der Waals surface area contributed by atoms with Crippen LogP contribution in [-0.4, -0.2) is 36.3 Å². The van der Waals surface area contributed by atoms with E-state index in [1.165, 1.54) is 0 Å². The number of urea groups is 1. The highest BCUT2D eigenvalue weighted by atomic mass is 32.2. The molecule has 0 saturated heterocycles. The maximum atomic E-state index is 12.7. The monoisotopic (exact) mass is 413 g/mol. The maximum Gasteiger partial charge on any atom is 0.338 e. The maximum absolute atomic E-state index is 12.7. The van der Waals surface area contributed by atoms with Gasteiger partial charge in [-0.05, 0) is 36.2 Å². The minimum absolute atomic E-state index is 0.247. The molecule has 0 aliphatic carbocycles. The first-order valence-electron chi connectivity index (χ1n) is 9.29. The van der Waals surface area contributed by atoms with Gasteiger partial charge in [0.25, 0.3) is 5.91 Å². The normalized spacial score (nSPS) is 15.8. The van der Waals surface area contributed by atoms with E-state index >= 15 is 0 Å². The Kier molecular flexibility index (Phi) is 6.77. The highest BCUT2D eigenvalue weighted by Gasteiger charge is 2.25. The van der Waals surface area contributed by atoms with Gasteiger partial charge in [-0.1, -0.05) is 31.2 Å². The zero-order valence-corrected chi connectivity index (χ0v) is 16.9. The molecule has 7 nitrogen and oxygen atoms in total. The molecule has 0 fully saturated rings. The van der Waals surface area contributed by atoms with Crippen molar-refractivity contribution in [2.45, 2.75) is 30.0 Å². The Hall–Kier alpha value is -3.00. The topological polar surface area (TPSA) is 102 Å². The number of hydrogen-bond donors (Lipinski definition) is 2. The summed E-state index contributed by atoms with van der Waals surface area (Å²) in [6.45, 7) is 2.67. The van der Waals surface area contributed by atoms with E-state index in [4.69, 9.17) is 10.5 Å². The van der Waals surface area contributed by atoms with Crippen molar-refractivity contribution >= 4 is 35.4 Å². The number of rotatable bonds is 5. The first-order valence-corrected chi connectivity index (χ1v) is 10.2. The third kappa shape index (κ3) is 5.51. The minimum Gasteiger partial charge on any atom is -0.452 e. The Morgan fingerprint density at radius 1 is 1.17 bits per heavy atom. The lowest BCUT2D eigenvalue weighted by atomic mass is 10.1. The van der Waals surface area contributed by atoms with Crippen LogP contribution in [0.3, 0.4) is 0 Å². The molecule has 3 N–H and O–H groups in total. The molecular formula is C21H23N3O4S. The fourth-order valence-corrected chi connectivity index (χ4v) is 4.10. The second-order valence-corrected chi connectivity index (χ2v) is 8.20. The minimum atomic E-state index is -0.616. The summed E-state index contributed by atoms with van der Waals surface area (Å²) in [6.07, 6.45) is 0.861. The number of primary amides is 1. The Labute approximate surface area is 173 Å². The number of nitrogens with two attached hydrogens (primary N) is 1. The number of anilines is 1. The number of fused-ring (bicyclic) bond motifs is 1. The molecular weight excluding hydrogens is 390 g/mol. The number of ether oxygens (including phenoxy) is 1. The van der Waals surface area contributed by atoms with Crippen LogP contribution in [0.5, 0.6) is 0 Å². The van der Waals surface area contributed by atoms with Crippen LogP contribution in [0, 0.1) is 0 Å². The molecule has 8 heteroatoms. The van der Waals surface area contributed by atoms with Crippen LogP contribution in [0.15, 0.2) is 53.4 Å². The third-order valence-corrected chi connectivity index (χ3v) is 5.76. The molecule has 152 valence electrons. The number of carbonyl (C=O) groups excluding carboxylic acids is 3. The van der Waals surface area contributed by atoms with E-state index in [1.54, 1.807) is 40.9 Å². The zero-order chi connectivity index (χ0) is 20.8. The molecule has 1 heterocycles. The lowest BCUT2D eigenvalue weighted by molar-refractivity contribution is -0.121. The summed E-state index contributed by atoms with van der Waals surface area (Å²) in [4.78, 5) is 38.5. The third-order valence-electron chi connectivity index (χ3n) is 4.53. The molecule has 1 aliphatic heterocycles. The van der Waals surface area contributed by atoms with Crippen LogP contribution in [0.2, 0.25) is 0 Å². The number of carbonyl (C=O) groups is 3. The highest BCUT2D eigenvalue weighted by molar-refractivity contribution is 8.00. The zero-order valence-electron chi connectivity index (χ0n) is 16.1. The van der Waals surface area contributed by atoms with Gasteiger partial charge in [0.1, 0.15) is 0 Å². The van der Waals surface area contributed by atoms with Gasteiger partial charge < -0.3 is 20.7 Å². The molecule has 3 amide bonds. The Bertz CT molecular complexity index is 901. The van der Waals surface area contributed by atoms with Crippen molar-refractivity contribution in [2.24, 2.45) is 5.73 Å². The largest absolute Gasteiger partial charge is 0.452 e. The van der Waals surface area contributed by atoms with Gasteiger partial charge in [0.15, 0.2) is 6.61 Å². The average Bonchev–Trinajstić information content (AvgIpc) is 2.88. The lowest BCUT2D eigenvalue weighted by Gasteiger charge is -2.22. The van der Waals surface area contributed by atoms with Gasteiger partial charge in [-0.3, -0.25) is 4.79 Å². The van der Waals surface area contributed by atoms with Crippen molar-refractivity contribution in [3.8, 4) is 0 Å². The molecule has 2 aromatic carbocycles. The summed E-state index contributed by atoms with van der Waals surface area (Å²) in [5.74, 6) is -0.818. The SMILES string of the molecule is CC1CCN(C(=O)COC(=O)c2ccc(CNC(N)=O)cc2)c2ccccc2S1. The van der Waals surface area contributed by atoms with Crippen LogP contribution in [0.25, 0.3) is 0 Å². The fraction of sp³-hybridized carbons (Fsp3) is 0.286. The summed E-state index contributed by atoms with van der Waals surface area (Å²) >= 11 is 1.75. The average molecular weight is 413 g/mol. The van der Waals surface area contributed by atoms with Gasteiger partial charge >= 0.3 is 12.0 Å². The van der Waals surface area contributed by atoms with Crippen molar-refractivity contribution < 1.29 is 19.1 Å². The fourth-order valence-electron chi connectivity index (χ4n) is 2.98.